The number of aromatic amines is 1. The number of benzene rings is 2. The normalized spacial score (nSPS) is 18.9. The van der Waals surface area contributed by atoms with Crippen LogP contribution in [0, 0.1) is 5.82 Å². The van der Waals surface area contributed by atoms with Gasteiger partial charge in [-0.1, -0.05) is 41.6 Å². The van der Waals surface area contributed by atoms with Crippen molar-refractivity contribution in [3.8, 4) is 0 Å². The van der Waals surface area contributed by atoms with Gasteiger partial charge in [-0.05, 0) is 30.5 Å². The standard InChI is InChI=1S/C27H29FN6O2/c28-22-7-3-1-6-21(22)26-16-34-25(17-36-26)24(31-32-34)15-33-11-9-19(10-12-33)30-27(35)13-18-14-29-23-8-4-2-5-20(18)23/h1-8,14,19,26,29H,9-13,15-17H2,(H,30,35)/t26-/m1/s1. The molecule has 186 valence electrons. The molecular formula is C27H29FN6O2. The van der Waals surface area contributed by atoms with Gasteiger partial charge in [0.05, 0.1) is 25.3 Å². The zero-order valence-corrected chi connectivity index (χ0v) is 20.0. The smallest absolute Gasteiger partial charge is 0.224 e. The summed E-state index contributed by atoms with van der Waals surface area (Å²) in [5, 5.41) is 13.0. The van der Waals surface area contributed by atoms with Gasteiger partial charge in [-0.25, -0.2) is 9.07 Å². The lowest BCUT2D eigenvalue weighted by Gasteiger charge is -2.32. The summed E-state index contributed by atoms with van der Waals surface area (Å²) < 4.78 is 22.0. The van der Waals surface area contributed by atoms with E-state index in [0.29, 0.717) is 31.7 Å². The van der Waals surface area contributed by atoms with Crippen LogP contribution in [-0.4, -0.2) is 49.9 Å². The summed E-state index contributed by atoms with van der Waals surface area (Å²) in [5.74, 6) is -0.199. The van der Waals surface area contributed by atoms with Crippen molar-refractivity contribution in [3.05, 3.63) is 83.1 Å². The zero-order chi connectivity index (χ0) is 24.5. The second-order valence-corrected chi connectivity index (χ2v) is 9.64. The molecule has 0 spiro atoms. The number of piperidine rings is 1. The number of halogens is 1. The van der Waals surface area contributed by atoms with E-state index in [-0.39, 0.29) is 23.9 Å². The van der Waals surface area contributed by atoms with Crippen LogP contribution >= 0.6 is 0 Å². The summed E-state index contributed by atoms with van der Waals surface area (Å²) in [6.45, 7) is 3.26. The van der Waals surface area contributed by atoms with Gasteiger partial charge in [0.15, 0.2) is 0 Å². The highest BCUT2D eigenvalue weighted by atomic mass is 19.1. The number of nitrogens with one attached hydrogen (secondary N) is 2. The highest BCUT2D eigenvalue weighted by Gasteiger charge is 2.28. The van der Waals surface area contributed by atoms with Crippen LogP contribution in [0.4, 0.5) is 4.39 Å². The first-order valence-electron chi connectivity index (χ1n) is 12.5. The molecule has 0 bridgehead atoms. The van der Waals surface area contributed by atoms with Crippen LogP contribution in [0.3, 0.4) is 0 Å². The number of aromatic nitrogens is 4. The van der Waals surface area contributed by atoms with Gasteiger partial charge in [0.25, 0.3) is 0 Å². The quantitative estimate of drug-likeness (QED) is 0.434. The van der Waals surface area contributed by atoms with Crippen LogP contribution in [0.1, 0.15) is 41.5 Å². The molecule has 36 heavy (non-hydrogen) atoms. The third-order valence-electron chi connectivity index (χ3n) is 7.28. The van der Waals surface area contributed by atoms with Crippen molar-refractivity contribution >= 4 is 16.8 Å². The number of H-pyrrole nitrogens is 1. The Morgan fingerprint density at radius 1 is 1.14 bits per heavy atom. The highest BCUT2D eigenvalue weighted by molar-refractivity contribution is 5.88. The van der Waals surface area contributed by atoms with Crippen LogP contribution in [-0.2, 0) is 35.6 Å². The summed E-state index contributed by atoms with van der Waals surface area (Å²) in [5.41, 5.74) is 4.49. The van der Waals surface area contributed by atoms with Crippen molar-refractivity contribution < 1.29 is 13.9 Å². The second-order valence-electron chi connectivity index (χ2n) is 9.64. The molecular weight excluding hydrogens is 459 g/mol. The summed E-state index contributed by atoms with van der Waals surface area (Å²) in [4.78, 5) is 18.3. The molecule has 0 radical (unpaired) electrons. The van der Waals surface area contributed by atoms with E-state index in [9.17, 15) is 9.18 Å². The molecule has 2 aromatic heterocycles. The summed E-state index contributed by atoms with van der Waals surface area (Å²) in [6.07, 6.45) is 3.74. The van der Waals surface area contributed by atoms with Gasteiger partial charge >= 0.3 is 0 Å². The molecule has 4 aromatic rings. The van der Waals surface area contributed by atoms with E-state index in [0.717, 1.165) is 53.8 Å². The van der Waals surface area contributed by atoms with E-state index in [4.69, 9.17) is 4.74 Å². The number of rotatable bonds is 6. The Bertz CT molecular complexity index is 1370. The van der Waals surface area contributed by atoms with Gasteiger partial charge < -0.3 is 15.0 Å². The fourth-order valence-electron chi connectivity index (χ4n) is 5.29. The Morgan fingerprint density at radius 2 is 1.94 bits per heavy atom. The van der Waals surface area contributed by atoms with E-state index >= 15 is 0 Å². The molecule has 8 nitrogen and oxygen atoms in total. The number of amides is 1. The Balaban J connectivity index is 1.01. The second kappa shape index (κ2) is 9.83. The Labute approximate surface area is 208 Å². The third-order valence-corrected chi connectivity index (χ3v) is 7.28. The van der Waals surface area contributed by atoms with Gasteiger partial charge in [-0.3, -0.25) is 9.69 Å². The van der Waals surface area contributed by atoms with Crippen LogP contribution in [0.5, 0.6) is 0 Å². The molecule has 1 amide bonds. The fourth-order valence-corrected chi connectivity index (χ4v) is 5.29. The monoisotopic (exact) mass is 488 g/mol. The number of carbonyl (C=O) groups is 1. The Hall–Kier alpha value is -3.56. The van der Waals surface area contributed by atoms with Gasteiger partial charge in [-0.2, -0.15) is 0 Å². The number of nitrogens with zero attached hydrogens (tertiary/aromatic N) is 4. The average Bonchev–Trinajstić information content (AvgIpc) is 3.49. The predicted octanol–water partition coefficient (Wildman–Crippen LogP) is 3.49. The number of hydrogen-bond donors (Lipinski definition) is 2. The molecule has 6 rings (SSSR count). The average molecular weight is 489 g/mol. The first kappa shape index (κ1) is 22.9. The maximum Gasteiger partial charge on any atom is 0.224 e. The molecule has 0 aliphatic carbocycles. The van der Waals surface area contributed by atoms with E-state index in [1.165, 1.54) is 6.07 Å². The highest BCUT2D eigenvalue weighted by Crippen LogP contribution is 2.29. The zero-order valence-electron chi connectivity index (χ0n) is 20.0. The molecule has 1 saturated heterocycles. The van der Waals surface area contributed by atoms with Gasteiger partial charge in [-0.15, -0.1) is 5.10 Å². The fraction of sp³-hybridized carbons (Fsp3) is 0.370. The van der Waals surface area contributed by atoms with Crippen LogP contribution < -0.4 is 5.32 Å². The molecule has 0 saturated carbocycles. The minimum atomic E-state index is -0.364. The number of hydrogen-bond acceptors (Lipinski definition) is 5. The molecule has 2 aliphatic heterocycles. The van der Waals surface area contributed by atoms with E-state index < -0.39 is 0 Å². The van der Waals surface area contributed by atoms with Crippen molar-refractivity contribution in [1.29, 1.82) is 0 Å². The van der Waals surface area contributed by atoms with Crippen LogP contribution in [0.25, 0.3) is 10.9 Å². The maximum absolute atomic E-state index is 14.2. The molecule has 1 atom stereocenters. The van der Waals surface area contributed by atoms with Crippen molar-refractivity contribution in [2.45, 2.75) is 51.1 Å². The van der Waals surface area contributed by atoms with Crippen molar-refractivity contribution in [2.75, 3.05) is 13.1 Å². The number of para-hydroxylation sites is 1. The summed E-state index contributed by atoms with van der Waals surface area (Å²) in [7, 11) is 0. The van der Waals surface area contributed by atoms with E-state index in [1.807, 2.05) is 41.2 Å². The lowest BCUT2D eigenvalue weighted by Crippen LogP contribution is -2.44. The number of ether oxygens (including phenoxy) is 1. The van der Waals surface area contributed by atoms with Crippen molar-refractivity contribution in [2.24, 2.45) is 0 Å². The van der Waals surface area contributed by atoms with Crippen LogP contribution in [0.2, 0.25) is 0 Å². The van der Waals surface area contributed by atoms with Crippen LogP contribution in [0.15, 0.2) is 54.7 Å². The number of likely N-dealkylation sites (tertiary alicyclic amines) is 1. The third kappa shape index (κ3) is 4.64. The predicted molar refractivity (Wildman–Crippen MR) is 132 cm³/mol. The molecule has 0 unspecified atom stereocenters. The Kier molecular flexibility index (Phi) is 6.25. The van der Waals surface area contributed by atoms with Crippen molar-refractivity contribution in [3.63, 3.8) is 0 Å². The molecule has 2 aromatic carbocycles. The first-order valence-corrected chi connectivity index (χ1v) is 12.5. The first-order chi connectivity index (χ1) is 17.6. The molecule has 9 heteroatoms. The minimum absolute atomic E-state index is 0.0622. The SMILES string of the molecule is O=C(Cc1c[nH]c2ccccc12)NC1CCN(Cc2nnn3c2CO[C@@H](c2ccccc2F)C3)CC1. The topological polar surface area (TPSA) is 88.1 Å². The lowest BCUT2D eigenvalue weighted by atomic mass is 10.0. The van der Waals surface area contributed by atoms with Crippen molar-refractivity contribution in [1.82, 2.24) is 30.2 Å². The molecule has 1 fully saturated rings. The van der Waals surface area contributed by atoms with E-state index in [1.54, 1.807) is 12.1 Å². The van der Waals surface area contributed by atoms with E-state index in [2.05, 4.69) is 25.5 Å². The molecule has 4 heterocycles. The van der Waals surface area contributed by atoms with Gasteiger partial charge in [0.1, 0.15) is 17.6 Å². The summed E-state index contributed by atoms with van der Waals surface area (Å²) >= 11 is 0. The maximum atomic E-state index is 14.2. The number of carbonyl (C=O) groups excluding carboxylic acids is 1. The number of fused-ring (bicyclic) bond motifs is 2. The minimum Gasteiger partial charge on any atom is -0.365 e. The molecule has 2 N–H and O–H groups in total. The van der Waals surface area contributed by atoms with Gasteiger partial charge in [0, 0.05) is 48.3 Å². The molecule has 2 aliphatic rings. The lowest BCUT2D eigenvalue weighted by molar-refractivity contribution is -0.121. The summed E-state index contributed by atoms with van der Waals surface area (Å²) in [6, 6.07) is 14.9. The van der Waals surface area contributed by atoms with Gasteiger partial charge in [0.2, 0.25) is 5.91 Å². The largest absolute Gasteiger partial charge is 0.365 e. The Morgan fingerprint density at radius 3 is 2.81 bits per heavy atom.